The van der Waals surface area contributed by atoms with Gasteiger partial charge in [-0.1, -0.05) is 18.2 Å². The highest BCUT2D eigenvalue weighted by Crippen LogP contribution is 2.35. The molecule has 0 aliphatic rings. The number of amides is 1. The van der Waals surface area contributed by atoms with E-state index in [4.69, 9.17) is 9.47 Å². The number of aromatic nitrogens is 2. The number of hydrogen-bond acceptors (Lipinski definition) is 7. The zero-order valence-corrected chi connectivity index (χ0v) is 17.2. The van der Waals surface area contributed by atoms with Crippen molar-refractivity contribution >= 4 is 27.4 Å². The Morgan fingerprint density at radius 1 is 1.07 bits per heavy atom. The maximum Gasteiger partial charge on any atom is 0.264 e. The monoisotopic (exact) mass is 428 g/mol. The lowest BCUT2D eigenvalue weighted by Crippen LogP contribution is -2.38. The van der Waals surface area contributed by atoms with E-state index in [0.717, 1.165) is 4.31 Å². The lowest BCUT2D eigenvalue weighted by molar-refractivity contribution is -0.114. The molecule has 0 bridgehead atoms. The number of benzene rings is 2. The lowest BCUT2D eigenvalue weighted by Gasteiger charge is -2.26. The molecule has 0 fully saturated rings. The molecular formula is C20H20N4O5S. The van der Waals surface area contributed by atoms with Gasteiger partial charge in [0.15, 0.2) is 5.82 Å². The average molecular weight is 428 g/mol. The molecule has 3 aromatic rings. The molecule has 0 saturated carbocycles. The van der Waals surface area contributed by atoms with Gasteiger partial charge in [0.1, 0.15) is 18.0 Å². The minimum absolute atomic E-state index is 0.0298. The molecule has 10 heteroatoms. The topological polar surface area (TPSA) is 111 Å². The van der Waals surface area contributed by atoms with Gasteiger partial charge >= 0.3 is 0 Å². The van der Waals surface area contributed by atoms with E-state index >= 15 is 0 Å². The van der Waals surface area contributed by atoms with Crippen LogP contribution < -0.4 is 19.1 Å². The number of carbonyl (C=O) groups is 1. The normalized spacial score (nSPS) is 10.9. The summed E-state index contributed by atoms with van der Waals surface area (Å²) in [5.41, 5.74) is 0.162. The second kappa shape index (κ2) is 9.23. The first-order chi connectivity index (χ1) is 14.5. The summed E-state index contributed by atoms with van der Waals surface area (Å²) in [4.78, 5) is 20.5. The van der Waals surface area contributed by atoms with Crippen molar-refractivity contribution in [2.24, 2.45) is 0 Å². The molecule has 0 saturated heterocycles. The van der Waals surface area contributed by atoms with Crippen molar-refractivity contribution in [2.45, 2.75) is 4.90 Å². The number of anilines is 2. The summed E-state index contributed by atoms with van der Waals surface area (Å²) < 4.78 is 38.4. The van der Waals surface area contributed by atoms with Crippen molar-refractivity contribution in [1.29, 1.82) is 0 Å². The first-order valence-electron chi connectivity index (χ1n) is 8.81. The highest BCUT2D eigenvalue weighted by Gasteiger charge is 2.30. The molecular weight excluding hydrogens is 408 g/mol. The van der Waals surface area contributed by atoms with E-state index in [-0.39, 0.29) is 22.2 Å². The number of nitrogens with one attached hydrogen (secondary N) is 1. The minimum Gasteiger partial charge on any atom is -0.497 e. The fourth-order valence-electron chi connectivity index (χ4n) is 2.69. The van der Waals surface area contributed by atoms with Crippen molar-refractivity contribution in [1.82, 2.24) is 9.97 Å². The average Bonchev–Trinajstić information content (AvgIpc) is 2.78. The van der Waals surface area contributed by atoms with Crippen molar-refractivity contribution in [2.75, 3.05) is 30.4 Å². The Morgan fingerprint density at radius 3 is 2.47 bits per heavy atom. The third-order valence-electron chi connectivity index (χ3n) is 4.10. The Bertz CT molecular complexity index is 1110. The predicted octanol–water partition coefficient (Wildman–Crippen LogP) is 2.33. The van der Waals surface area contributed by atoms with Gasteiger partial charge in [-0.2, -0.15) is 0 Å². The van der Waals surface area contributed by atoms with E-state index in [1.54, 1.807) is 30.3 Å². The molecule has 0 atom stereocenters. The van der Waals surface area contributed by atoms with E-state index < -0.39 is 22.5 Å². The second-order valence-corrected chi connectivity index (χ2v) is 7.86. The zero-order valence-electron chi connectivity index (χ0n) is 16.3. The zero-order chi connectivity index (χ0) is 21.6. The minimum atomic E-state index is -4.10. The highest BCUT2D eigenvalue weighted by atomic mass is 32.2. The second-order valence-electron chi connectivity index (χ2n) is 6.00. The van der Waals surface area contributed by atoms with Crippen molar-refractivity contribution in [3.05, 3.63) is 67.1 Å². The van der Waals surface area contributed by atoms with Crippen molar-refractivity contribution in [3.8, 4) is 11.5 Å². The van der Waals surface area contributed by atoms with E-state index in [2.05, 4.69) is 15.3 Å². The van der Waals surface area contributed by atoms with Gasteiger partial charge in [0.2, 0.25) is 5.91 Å². The van der Waals surface area contributed by atoms with Gasteiger partial charge in [-0.3, -0.25) is 14.1 Å². The molecule has 0 radical (unpaired) electrons. The number of methoxy groups -OCH3 is 2. The Labute approximate surface area is 174 Å². The number of ether oxygens (including phenoxy) is 2. The van der Waals surface area contributed by atoms with Crippen LogP contribution in [0, 0.1) is 0 Å². The molecule has 9 nitrogen and oxygen atoms in total. The summed E-state index contributed by atoms with van der Waals surface area (Å²) in [5.74, 6) is 0.285. The van der Waals surface area contributed by atoms with Crippen LogP contribution in [0.2, 0.25) is 0 Å². The summed E-state index contributed by atoms with van der Waals surface area (Å²) in [6.07, 6.45) is 4.24. The molecule has 30 heavy (non-hydrogen) atoms. The van der Waals surface area contributed by atoms with Gasteiger partial charge < -0.3 is 14.8 Å². The van der Waals surface area contributed by atoms with E-state index in [0.29, 0.717) is 5.75 Å². The van der Waals surface area contributed by atoms with Crippen molar-refractivity contribution < 1.29 is 22.7 Å². The first-order valence-corrected chi connectivity index (χ1v) is 10.3. The Hall–Kier alpha value is -3.66. The van der Waals surface area contributed by atoms with E-state index in [9.17, 15) is 13.2 Å². The third-order valence-corrected chi connectivity index (χ3v) is 5.88. The van der Waals surface area contributed by atoms with Gasteiger partial charge in [-0.15, -0.1) is 0 Å². The SMILES string of the molecule is COc1ccc(OC)c(N(CC(=O)Nc2cnccn2)S(=O)(=O)c2ccccc2)c1. The van der Waals surface area contributed by atoms with Crippen LogP contribution in [0.25, 0.3) is 0 Å². The molecule has 0 aliphatic carbocycles. The maximum atomic E-state index is 13.4. The summed E-state index contributed by atoms with van der Waals surface area (Å²) >= 11 is 0. The fraction of sp³-hybridized carbons (Fsp3) is 0.150. The Balaban J connectivity index is 2.04. The molecule has 1 heterocycles. The quantitative estimate of drug-likeness (QED) is 0.586. The van der Waals surface area contributed by atoms with Crippen LogP contribution in [0.5, 0.6) is 11.5 Å². The van der Waals surface area contributed by atoms with Gasteiger partial charge in [0, 0.05) is 18.5 Å². The summed E-state index contributed by atoms with van der Waals surface area (Å²) in [5, 5.41) is 2.54. The molecule has 3 rings (SSSR count). The molecule has 1 N–H and O–H groups in total. The largest absolute Gasteiger partial charge is 0.497 e. The van der Waals surface area contributed by atoms with E-state index in [1.165, 1.54) is 51.0 Å². The third kappa shape index (κ3) is 4.66. The van der Waals surface area contributed by atoms with Crippen LogP contribution >= 0.6 is 0 Å². The smallest absolute Gasteiger partial charge is 0.264 e. The molecule has 0 aliphatic heterocycles. The van der Waals surface area contributed by atoms with E-state index in [1.807, 2.05) is 0 Å². The van der Waals surface area contributed by atoms with Crippen LogP contribution in [-0.2, 0) is 14.8 Å². The summed E-state index contributed by atoms with van der Waals surface area (Å²) in [6.45, 7) is -0.517. The Kier molecular flexibility index (Phi) is 6.48. The molecule has 1 amide bonds. The number of hydrogen-bond donors (Lipinski definition) is 1. The highest BCUT2D eigenvalue weighted by molar-refractivity contribution is 7.92. The number of sulfonamides is 1. The fourth-order valence-corrected chi connectivity index (χ4v) is 4.13. The van der Waals surface area contributed by atoms with Crippen LogP contribution in [0.1, 0.15) is 0 Å². The first kappa shape index (κ1) is 21.1. The van der Waals surface area contributed by atoms with Gasteiger partial charge in [-0.05, 0) is 24.3 Å². The molecule has 1 aromatic heterocycles. The number of carbonyl (C=O) groups excluding carboxylic acids is 1. The number of rotatable bonds is 8. The van der Waals surface area contributed by atoms with Crippen LogP contribution in [-0.4, -0.2) is 45.1 Å². The standard InChI is InChI=1S/C20H20N4O5S/c1-28-15-8-9-18(29-2)17(12-15)24(30(26,27)16-6-4-3-5-7-16)14-20(25)23-19-13-21-10-11-22-19/h3-13H,14H2,1-2H3,(H,22,23,25). The summed E-state index contributed by atoms with van der Waals surface area (Å²) in [6, 6.07) is 12.5. The molecule has 2 aromatic carbocycles. The van der Waals surface area contributed by atoms with Crippen LogP contribution in [0.4, 0.5) is 11.5 Å². The van der Waals surface area contributed by atoms with Crippen LogP contribution in [0.3, 0.4) is 0 Å². The molecule has 0 spiro atoms. The van der Waals surface area contributed by atoms with Crippen LogP contribution in [0.15, 0.2) is 72.0 Å². The van der Waals surface area contributed by atoms with Crippen molar-refractivity contribution in [3.63, 3.8) is 0 Å². The van der Waals surface area contributed by atoms with Gasteiger partial charge in [0.25, 0.3) is 10.0 Å². The van der Waals surface area contributed by atoms with Gasteiger partial charge in [0.05, 0.1) is 31.0 Å². The summed E-state index contributed by atoms with van der Waals surface area (Å²) in [7, 11) is -1.22. The predicted molar refractivity (Wildman–Crippen MR) is 111 cm³/mol. The number of nitrogens with zero attached hydrogens (tertiary/aromatic N) is 3. The molecule has 156 valence electrons. The Morgan fingerprint density at radius 2 is 1.83 bits per heavy atom. The maximum absolute atomic E-state index is 13.4. The molecule has 0 unspecified atom stereocenters. The lowest BCUT2D eigenvalue weighted by atomic mass is 10.2. The van der Waals surface area contributed by atoms with Gasteiger partial charge in [-0.25, -0.2) is 13.4 Å².